The molecule has 0 radical (unpaired) electrons. The van der Waals surface area contributed by atoms with Crippen LogP contribution in [0.1, 0.15) is 46.4 Å². The van der Waals surface area contributed by atoms with Gasteiger partial charge in [-0.15, -0.1) is 0 Å². The summed E-state index contributed by atoms with van der Waals surface area (Å²) in [7, 11) is 0. The fraction of sp³-hybridized carbons (Fsp3) is 0.368. The molecule has 134 valence electrons. The van der Waals surface area contributed by atoms with E-state index in [1.807, 2.05) is 29.6 Å². The van der Waals surface area contributed by atoms with Crippen molar-refractivity contribution < 1.29 is 9.21 Å². The van der Waals surface area contributed by atoms with Crippen LogP contribution in [0, 0.1) is 6.92 Å². The number of oxazole rings is 1. The number of rotatable bonds is 4. The molecule has 1 saturated heterocycles. The van der Waals surface area contributed by atoms with Gasteiger partial charge in [0.1, 0.15) is 11.6 Å². The van der Waals surface area contributed by atoms with Gasteiger partial charge in [0, 0.05) is 43.8 Å². The number of imidazole rings is 1. The van der Waals surface area contributed by atoms with Gasteiger partial charge in [-0.2, -0.15) is 0 Å². The van der Waals surface area contributed by atoms with E-state index in [4.69, 9.17) is 4.42 Å². The molecule has 4 rings (SSSR count). The van der Waals surface area contributed by atoms with E-state index in [1.54, 1.807) is 13.1 Å². The van der Waals surface area contributed by atoms with E-state index in [9.17, 15) is 4.79 Å². The van der Waals surface area contributed by atoms with Crippen LogP contribution in [0.4, 0.5) is 0 Å². The molecular weight excluding hydrogens is 330 g/mol. The summed E-state index contributed by atoms with van der Waals surface area (Å²) in [5.41, 5.74) is 1.57. The summed E-state index contributed by atoms with van der Waals surface area (Å²) in [5.74, 6) is 1.96. The van der Waals surface area contributed by atoms with Gasteiger partial charge in [0.25, 0.3) is 5.91 Å². The van der Waals surface area contributed by atoms with Gasteiger partial charge in [0.2, 0.25) is 0 Å². The highest BCUT2D eigenvalue weighted by atomic mass is 16.3. The third-order valence-corrected chi connectivity index (χ3v) is 4.92. The van der Waals surface area contributed by atoms with Crippen LogP contribution in [0.25, 0.3) is 0 Å². The Morgan fingerprint density at radius 1 is 1.27 bits per heavy atom. The second kappa shape index (κ2) is 7.11. The van der Waals surface area contributed by atoms with Gasteiger partial charge < -0.3 is 13.9 Å². The van der Waals surface area contributed by atoms with E-state index < -0.39 is 0 Å². The third kappa shape index (κ3) is 3.24. The molecule has 26 heavy (non-hydrogen) atoms. The van der Waals surface area contributed by atoms with Crippen molar-refractivity contribution in [2.45, 2.75) is 32.2 Å². The summed E-state index contributed by atoms with van der Waals surface area (Å²) < 4.78 is 7.33. The van der Waals surface area contributed by atoms with Gasteiger partial charge >= 0.3 is 0 Å². The Balaban J connectivity index is 1.42. The first-order chi connectivity index (χ1) is 12.7. The highest BCUT2D eigenvalue weighted by Crippen LogP contribution is 2.28. The normalized spacial score (nSPS) is 15.3. The fourth-order valence-corrected chi connectivity index (χ4v) is 3.50. The predicted molar refractivity (Wildman–Crippen MR) is 94.7 cm³/mol. The maximum atomic E-state index is 12.6. The highest BCUT2D eigenvalue weighted by molar-refractivity contribution is 5.93. The molecule has 1 aliphatic rings. The van der Waals surface area contributed by atoms with Crippen LogP contribution in [0.5, 0.6) is 0 Å². The Bertz CT molecular complexity index is 878. The molecule has 0 unspecified atom stereocenters. The standard InChI is InChI=1S/C19H21N5O2/c1-14-17(22-13-26-14)19(25)23-8-4-16(5-9-23)18-21-7-10-24(18)12-15-3-2-6-20-11-15/h2-3,6-7,10-11,13,16H,4-5,8-9,12H2,1H3. The summed E-state index contributed by atoms with van der Waals surface area (Å²) in [4.78, 5) is 27.2. The lowest BCUT2D eigenvalue weighted by Crippen LogP contribution is -2.38. The van der Waals surface area contributed by atoms with Gasteiger partial charge in [-0.05, 0) is 31.4 Å². The molecule has 1 fully saturated rings. The summed E-state index contributed by atoms with van der Waals surface area (Å²) >= 11 is 0. The first-order valence-electron chi connectivity index (χ1n) is 8.81. The van der Waals surface area contributed by atoms with E-state index in [0.717, 1.165) is 30.8 Å². The Morgan fingerprint density at radius 3 is 2.81 bits per heavy atom. The number of piperidine rings is 1. The maximum absolute atomic E-state index is 12.6. The zero-order chi connectivity index (χ0) is 17.9. The third-order valence-electron chi connectivity index (χ3n) is 4.92. The van der Waals surface area contributed by atoms with E-state index in [1.165, 1.54) is 6.39 Å². The molecular formula is C19H21N5O2. The number of carbonyl (C=O) groups excluding carboxylic acids is 1. The zero-order valence-corrected chi connectivity index (χ0v) is 14.7. The first-order valence-corrected chi connectivity index (χ1v) is 8.81. The van der Waals surface area contributed by atoms with E-state index in [-0.39, 0.29) is 5.91 Å². The van der Waals surface area contributed by atoms with Crippen molar-refractivity contribution >= 4 is 5.91 Å². The van der Waals surface area contributed by atoms with Crippen LogP contribution < -0.4 is 0 Å². The molecule has 0 atom stereocenters. The number of likely N-dealkylation sites (tertiary alicyclic amines) is 1. The average Bonchev–Trinajstić information content (AvgIpc) is 3.31. The molecule has 0 aliphatic carbocycles. The summed E-state index contributed by atoms with van der Waals surface area (Å²) in [6.07, 6.45) is 10.6. The predicted octanol–water partition coefficient (Wildman–Crippen LogP) is 2.64. The van der Waals surface area contributed by atoms with Crippen molar-refractivity contribution in [2.24, 2.45) is 0 Å². The second-order valence-electron chi connectivity index (χ2n) is 6.60. The molecule has 0 N–H and O–H groups in total. The van der Waals surface area contributed by atoms with Crippen LogP contribution in [0.3, 0.4) is 0 Å². The van der Waals surface area contributed by atoms with Crippen molar-refractivity contribution in [3.63, 3.8) is 0 Å². The quantitative estimate of drug-likeness (QED) is 0.722. The van der Waals surface area contributed by atoms with Crippen LogP contribution in [0.15, 0.2) is 47.7 Å². The number of pyridine rings is 1. The number of aryl methyl sites for hydroxylation is 1. The van der Waals surface area contributed by atoms with Gasteiger partial charge in [0.15, 0.2) is 12.1 Å². The lowest BCUT2D eigenvalue weighted by Gasteiger charge is -2.31. The van der Waals surface area contributed by atoms with Crippen molar-refractivity contribution in [3.8, 4) is 0 Å². The van der Waals surface area contributed by atoms with Gasteiger partial charge in [-0.25, -0.2) is 9.97 Å². The smallest absolute Gasteiger partial charge is 0.276 e. The topological polar surface area (TPSA) is 77.0 Å². The van der Waals surface area contributed by atoms with Crippen LogP contribution in [-0.2, 0) is 6.54 Å². The van der Waals surface area contributed by atoms with Gasteiger partial charge in [-0.3, -0.25) is 9.78 Å². The molecule has 7 nitrogen and oxygen atoms in total. The van der Waals surface area contributed by atoms with Crippen LogP contribution in [-0.4, -0.2) is 43.4 Å². The highest BCUT2D eigenvalue weighted by Gasteiger charge is 2.28. The first kappa shape index (κ1) is 16.5. The molecule has 4 heterocycles. The zero-order valence-electron chi connectivity index (χ0n) is 14.7. The van der Waals surface area contributed by atoms with Crippen molar-refractivity contribution in [1.29, 1.82) is 0 Å². The van der Waals surface area contributed by atoms with E-state index in [0.29, 0.717) is 30.5 Å². The molecule has 0 aromatic carbocycles. The minimum Gasteiger partial charge on any atom is -0.448 e. The summed E-state index contributed by atoms with van der Waals surface area (Å²) in [6.45, 7) is 3.94. The molecule has 0 bridgehead atoms. The molecule has 3 aromatic rings. The van der Waals surface area contributed by atoms with E-state index in [2.05, 4.69) is 25.6 Å². The van der Waals surface area contributed by atoms with Crippen LogP contribution >= 0.6 is 0 Å². The van der Waals surface area contributed by atoms with Gasteiger partial charge in [-0.1, -0.05) is 6.07 Å². The molecule has 3 aromatic heterocycles. The molecule has 1 aliphatic heterocycles. The second-order valence-corrected chi connectivity index (χ2v) is 6.60. The minimum absolute atomic E-state index is 0.0478. The lowest BCUT2D eigenvalue weighted by atomic mass is 9.95. The lowest BCUT2D eigenvalue weighted by molar-refractivity contribution is 0.0703. The molecule has 0 spiro atoms. The molecule has 7 heteroatoms. The van der Waals surface area contributed by atoms with Crippen molar-refractivity contribution in [3.05, 3.63) is 66.2 Å². The summed E-state index contributed by atoms with van der Waals surface area (Å²) in [6, 6.07) is 4.01. The monoisotopic (exact) mass is 351 g/mol. The summed E-state index contributed by atoms with van der Waals surface area (Å²) in [5, 5.41) is 0. The number of hydrogen-bond acceptors (Lipinski definition) is 5. The Hall–Kier alpha value is -2.96. The Kier molecular flexibility index (Phi) is 4.51. The molecule has 0 saturated carbocycles. The number of amides is 1. The fourth-order valence-electron chi connectivity index (χ4n) is 3.50. The van der Waals surface area contributed by atoms with E-state index >= 15 is 0 Å². The average molecular weight is 351 g/mol. The van der Waals surface area contributed by atoms with Crippen molar-refractivity contribution in [2.75, 3.05) is 13.1 Å². The maximum Gasteiger partial charge on any atom is 0.276 e. The number of hydrogen-bond donors (Lipinski definition) is 0. The Labute approximate surface area is 151 Å². The minimum atomic E-state index is -0.0478. The van der Waals surface area contributed by atoms with Crippen LogP contribution in [0.2, 0.25) is 0 Å². The van der Waals surface area contributed by atoms with Crippen molar-refractivity contribution in [1.82, 2.24) is 24.4 Å². The number of carbonyl (C=O) groups is 1. The number of nitrogens with zero attached hydrogens (tertiary/aromatic N) is 5. The SMILES string of the molecule is Cc1ocnc1C(=O)N1CCC(c2nccn2Cc2cccnc2)CC1. The Morgan fingerprint density at radius 2 is 2.12 bits per heavy atom. The van der Waals surface area contributed by atoms with Gasteiger partial charge in [0.05, 0.1) is 6.54 Å². The number of aromatic nitrogens is 4. The largest absolute Gasteiger partial charge is 0.448 e. The molecule has 1 amide bonds.